The standard InChI is InChI=1S/C19H24FN5O5S/c1-13(26)29-8-7-24-6-5-23(12-22-24)17-4-3-14(9-16(17)20)25-11-15(30-19(25)27)10-21-18(31)28-2/h3-4,9,12,15H,5-8,10-11H2,1-2H3,(H,21,31). The highest BCUT2D eigenvalue weighted by atomic mass is 32.1. The smallest absolute Gasteiger partial charge is 0.414 e. The summed E-state index contributed by atoms with van der Waals surface area (Å²) in [6.45, 7) is 3.69. The molecular weight excluding hydrogens is 429 g/mol. The summed E-state index contributed by atoms with van der Waals surface area (Å²) >= 11 is 4.90. The number of amides is 1. The second-order valence-electron chi connectivity index (χ2n) is 6.84. The largest absolute Gasteiger partial charge is 0.474 e. The first kappa shape index (κ1) is 22.5. The third-order valence-corrected chi connectivity index (χ3v) is 5.00. The molecule has 1 amide bonds. The number of anilines is 2. The number of methoxy groups -OCH3 is 1. The second kappa shape index (κ2) is 10.2. The summed E-state index contributed by atoms with van der Waals surface area (Å²) in [5.41, 5.74) is 0.753. The topological polar surface area (TPSA) is 95.9 Å². The average molecular weight is 453 g/mol. The van der Waals surface area contributed by atoms with E-state index in [9.17, 15) is 14.0 Å². The molecule has 1 saturated heterocycles. The Kier molecular flexibility index (Phi) is 7.45. The Balaban J connectivity index is 1.58. The van der Waals surface area contributed by atoms with Crippen molar-refractivity contribution in [3.05, 3.63) is 24.0 Å². The number of nitrogens with zero attached hydrogens (tertiary/aromatic N) is 4. The number of esters is 1. The minimum Gasteiger partial charge on any atom is -0.474 e. The van der Waals surface area contributed by atoms with E-state index >= 15 is 0 Å². The van der Waals surface area contributed by atoms with Gasteiger partial charge in [0, 0.05) is 13.5 Å². The van der Waals surface area contributed by atoms with E-state index in [0.717, 1.165) is 0 Å². The first-order chi connectivity index (χ1) is 14.9. The molecule has 10 nitrogen and oxygen atoms in total. The molecule has 3 rings (SSSR count). The van der Waals surface area contributed by atoms with Crippen LogP contribution in [0.25, 0.3) is 0 Å². The van der Waals surface area contributed by atoms with E-state index in [1.54, 1.807) is 22.0 Å². The van der Waals surface area contributed by atoms with Crippen LogP contribution in [0.1, 0.15) is 6.92 Å². The van der Waals surface area contributed by atoms with Gasteiger partial charge in [-0.1, -0.05) is 0 Å². The van der Waals surface area contributed by atoms with E-state index in [4.69, 9.17) is 26.4 Å². The van der Waals surface area contributed by atoms with E-state index in [0.29, 0.717) is 37.6 Å². The van der Waals surface area contributed by atoms with Crippen LogP contribution in [0.2, 0.25) is 0 Å². The van der Waals surface area contributed by atoms with Gasteiger partial charge < -0.3 is 24.4 Å². The van der Waals surface area contributed by atoms with Gasteiger partial charge in [-0.2, -0.15) is 5.10 Å². The summed E-state index contributed by atoms with van der Waals surface area (Å²) in [5, 5.41) is 9.04. The maximum absolute atomic E-state index is 14.8. The number of thiocarbonyl (C=S) groups is 1. The number of carbonyl (C=O) groups excluding carboxylic acids is 2. The van der Waals surface area contributed by atoms with E-state index in [-0.39, 0.29) is 24.3 Å². The van der Waals surface area contributed by atoms with Crippen molar-refractivity contribution in [2.45, 2.75) is 13.0 Å². The molecule has 1 N–H and O–H groups in total. The van der Waals surface area contributed by atoms with Crippen LogP contribution in [0.3, 0.4) is 0 Å². The number of hydrogen-bond acceptors (Lipinski definition) is 9. The summed E-state index contributed by atoms with van der Waals surface area (Å²) in [6.07, 6.45) is 0.542. The lowest BCUT2D eigenvalue weighted by Gasteiger charge is -2.30. The molecule has 1 fully saturated rings. The molecule has 1 unspecified atom stereocenters. The Bertz CT molecular complexity index is 870. The van der Waals surface area contributed by atoms with Crippen LogP contribution in [-0.2, 0) is 19.0 Å². The molecule has 1 atom stereocenters. The van der Waals surface area contributed by atoms with Crippen molar-refractivity contribution in [1.29, 1.82) is 0 Å². The molecule has 1 aromatic carbocycles. The summed E-state index contributed by atoms with van der Waals surface area (Å²) in [7, 11) is 1.44. The first-order valence-corrected chi connectivity index (χ1v) is 10.1. The zero-order valence-electron chi connectivity index (χ0n) is 17.2. The lowest BCUT2D eigenvalue weighted by atomic mass is 10.2. The molecule has 0 aliphatic carbocycles. The van der Waals surface area contributed by atoms with Crippen LogP contribution >= 0.6 is 12.2 Å². The second-order valence-corrected chi connectivity index (χ2v) is 7.21. The summed E-state index contributed by atoms with van der Waals surface area (Å²) < 4.78 is 29.8. The maximum Gasteiger partial charge on any atom is 0.414 e. The number of cyclic esters (lactones) is 1. The highest BCUT2D eigenvalue weighted by molar-refractivity contribution is 7.80. The van der Waals surface area contributed by atoms with Crippen molar-refractivity contribution >= 4 is 47.2 Å². The van der Waals surface area contributed by atoms with Gasteiger partial charge >= 0.3 is 12.1 Å². The SMILES string of the molecule is COC(=S)NCC1CN(c2ccc(N3C=NN(CCOC(C)=O)CC3)c(F)c2)C(=O)O1. The zero-order chi connectivity index (χ0) is 22.4. The van der Waals surface area contributed by atoms with Crippen molar-refractivity contribution in [2.75, 3.05) is 56.2 Å². The van der Waals surface area contributed by atoms with Crippen LogP contribution in [0.5, 0.6) is 0 Å². The Morgan fingerprint density at radius 2 is 2.23 bits per heavy atom. The molecule has 0 aromatic heterocycles. The normalized spacial score (nSPS) is 18.1. The molecule has 0 saturated carbocycles. The summed E-state index contributed by atoms with van der Waals surface area (Å²) in [5.74, 6) is -0.820. The molecule has 0 spiro atoms. The van der Waals surface area contributed by atoms with Gasteiger partial charge in [0.25, 0.3) is 5.17 Å². The molecule has 2 heterocycles. The Morgan fingerprint density at radius 3 is 2.87 bits per heavy atom. The molecule has 0 bridgehead atoms. The van der Waals surface area contributed by atoms with Crippen molar-refractivity contribution in [1.82, 2.24) is 10.3 Å². The van der Waals surface area contributed by atoms with Gasteiger partial charge in [0.1, 0.15) is 24.9 Å². The molecule has 2 aliphatic rings. The number of rotatable bonds is 7. The van der Waals surface area contributed by atoms with E-state index in [2.05, 4.69) is 10.4 Å². The van der Waals surface area contributed by atoms with Crippen molar-refractivity contribution in [3.63, 3.8) is 0 Å². The predicted octanol–water partition coefficient (Wildman–Crippen LogP) is 1.30. The zero-order valence-corrected chi connectivity index (χ0v) is 18.1. The minimum absolute atomic E-state index is 0.207. The van der Waals surface area contributed by atoms with Gasteiger partial charge in [-0.25, -0.2) is 9.18 Å². The highest BCUT2D eigenvalue weighted by Gasteiger charge is 2.33. The number of nitrogens with one attached hydrogen (secondary N) is 1. The predicted molar refractivity (Wildman–Crippen MR) is 116 cm³/mol. The van der Waals surface area contributed by atoms with Gasteiger partial charge in [-0.05, 0) is 30.4 Å². The van der Waals surface area contributed by atoms with Crippen molar-refractivity contribution in [3.8, 4) is 0 Å². The third kappa shape index (κ3) is 5.94. The summed E-state index contributed by atoms with van der Waals surface area (Å²) in [4.78, 5) is 26.1. The Labute approximate surface area is 184 Å². The molecule has 2 aliphatic heterocycles. The number of hydrazone groups is 1. The van der Waals surface area contributed by atoms with Gasteiger partial charge in [-0.15, -0.1) is 0 Å². The molecule has 168 valence electrons. The third-order valence-electron chi connectivity index (χ3n) is 4.69. The van der Waals surface area contributed by atoms with Crippen LogP contribution in [-0.4, -0.2) is 81.1 Å². The number of ether oxygens (including phenoxy) is 3. The lowest BCUT2D eigenvalue weighted by Crippen LogP contribution is -2.39. The van der Waals surface area contributed by atoms with Crippen LogP contribution in [0.4, 0.5) is 20.6 Å². The van der Waals surface area contributed by atoms with Crippen LogP contribution in [0, 0.1) is 5.82 Å². The molecule has 31 heavy (non-hydrogen) atoms. The average Bonchev–Trinajstić information content (AvgIpc) is 3.13. The molecular formula is C19H24FN5O5S. The van der Waals surface area contributed by atoms with Gasteiger partial charge in [0.15, 0.2) is 0 Å². The fourth-order valence-electron chi connectivity index (χ4n) is 3.13. The number of carbonyl (C=O) groups is 2. The number of benzene rings is 1. The minimum atomic E-state index is -0.551. The Hall–Kier alpha value is -3.15. The van der Waals surface area contributed by atoms with Crippen LogP contribution in [0.15, 0.2) is 23.3 Å². The fourth-order valence-corrected chi connectivity index (χ4v) is 3.21. The van der Waals surface area contributed by atoms with E-state index in [1.165, 1.54) is 31.3 Å². The lowest BCUT2D eigenvalue weighted by molar-refractivity contribution is -0.141. The molecule has 12 heteroatoms. The quantitative estimate of drug-likeness (QED) is 0.484. The van der Waals surface area contributed by atoms with E-state index < -0.39 is 18.0 Å². The number of hydrogen-bond donors (Lipinski definition) is 1. The highest BCUT2D eigenvalue weighted by Crippen LogP contribution is 2.28. The van der Waals surface area contributed by atoms with Gasteiger partial charge in [-0.3, -0.25) is 14.7 Å². The molecule has 0 radical (unpaired) electrons. The monoisotopic (exact) mass is 453 g/mol. The van der Waals surface area contributed by atoms with Gasteiger partial charge in [0.05, 0.1) is 44.7 Å². The maximum atomic E-state index is 14.8. The fraction of sp³-hybridized carbons (Fsp3) is 0.474. The van der Waals surface area contributed by atoms with Gasteiger partial charge in [0.2, 0.25) is 0 Å². The summed E-state index contributed by atoms with van der Waals surface area (Å²) in [6, 6.07) is 4.56. The number of halogens is 1. The van der Waals surface area contributed by atoms with E-state index in [1.807, 2.05) is 0 Å². The first-order valence-electron chi connectivity index (χ1n) is 9.66. The molecule has 1 aromatic rings. The van der Waals surface area contributed by atoms with Crippen molar-refractivity contribution < 1.29 is 28.2 Å². The Morgan fingerprint density at radius 1 is 1.42 bits per heavy atom. The van der Waals surface area contributed by atoms with Crippen LogP contribution < -0.4 is 15.1 Å². The van der Waals surface area contributed by atoms with Crippen molar-refractivity contribution in [2.24, 2.45) is 5.10 Å².